The predicted molar refractivity (Wildman–Crippen MR) is 201 cm³/mol. The van der Waals surface area contributed by atoms with E-state index in [4.69, 9.17) is 8.37 Å². The smallest absolute Gasteiger partial charge is 0.0654 e. The Balaban J connectivity index is 3.38. The van der Waals surface area contributed by atoms with Gasteiger partial charge in [0.05, 0.1) is 0 Å². The van der Waals surface area contributed by atoms with Gasteiger partial charge in [-0.15, -0.1) is 0 Å². The van der Waals surface area contributed by atoms with Crippen molar-refractivity contribution in [1.82, 2.24) is 0 Å². The number of unbranched alkanes of at least 4 members (excludes halogenated alkanes) is 26. The Kier molecular flexibility index (Phi) is 34.5. The third kappa shape index (κ3) is 37.4. The summed E-state index contributed by atoms with van der Waals surface area (Å²) < 4.78 is 11.2. The van der Waals surface area contributed by atoms with Crippen molar-refractivity contribution in [3.05, 3.63) is 0 Å². The van der Waals surface area contributed by atoms with E-state index < -0.39 is 7.28 Å². The van der Waals surface area contributed by atoms with Crippen LogP contribution in [0.15, 0.2) is 0 Å². The summed E-state index contributed by atoms with van der Waals surface area (Å²) in [5, 5.41) is 0. The Morgan fingerprint density at radius 3 is 0.841 bits per heavy atom. The molecule has 268 valence electrons. The van der Waals surface area contributed by atoms with E-state index in [0.717, 1.165) is 12.8 Å². The van der Waals surface area contributed by atoms with Crippen LogP contribution in [0.1, 0.15) is 194 Å². The summed E-state index contributed by atoms with van der Waals surface area (Å²) in [5.74, 6) is 0.787. The second kappa shape index (κ2) is 33.8. The molecule has 0 aromatic carbocycles. The summed E-state index contributed by atoms with van der Waals surface area (Å²) in [5.41, 5.74) is 0. The van der Waals surface area contributed by atoms with Crippen molar-refractivity contribution in [2.24, 2.45) is 0 Å². The first-order chi connectivity index (χ1) is 21.4. The Morgan fingerprint density at radius 1 is 0.364 bits per heavy atom. The fourth-order valence-corrected chi connectivity index (χ4v) is 10.0. The Bertz CT molecular complexity index is 518. The molecule has 0 aliphatic rings. The van der Waals surface area contributed by atoms with Gasteiger partial charge < -0.3 is 0 Å². The molecule has 3 N–H and O–H groups in total. The van der Waals surface area contributed by atoms with Gasteiger partial charge in [0.2, 0.25) is 0 Å². The van der Waals surface area contributed by atoms with Gasteiger partial charge in [-0.3, -0.25) is 0 Å². The normalized spacial score (nSPS) is 13.0. The molecular weight excluding hydrogens is 607 g/mol. The number of hydrogen-bond donors (Lipinski definition) is 3. The summed E-state index contributed by atoms with van der Waals surface area (Å²) in [7, 11) is -4.60. The minimum Gasteiger partial charge on any atom is -0.0654 e. The van der Waals surface area contributed by atoms with Crippen LogP contribution in [-0.4, -0.2) is 51.7 Å². The average Bonchev–Trinajstić information content (AvgIpc) is 2.99. The molecule has 8 heteroatoms. The topological polar surface area (TPSA) is 79.2 Å². The minimum atomic E-state index is -4.60. The molecule has 0 fully saturated rings. The number of hydrogen-bond acceptors (Lipinski definition) is 7. The molecule has 0 spiro atoms. The maximum absolute atomic E-state index is 10.4. The molecule has 44 heavy (non-hydrogen) atoms. The number of rotatable bonds is 38. The van der Waals surface area contributed by atoms with Gasteiger partial charge >= 0.3 is 181 Å². The zero-order chi connectivity index (χ0) is 32.3. The summed E-state index contributed by atoms with van der Waals surface area (Å²) in [6, 6.07) is 0. The first kappa shape index (κ1) is 44.9. The van der Waals surface area contributed by atoms with Crippen LogP contribution in [-0.2, 0) is 8.37 Å². The molecule has 0 radical (unpaired) electrons. The van der Waals surface area contributed by atoms with Crippen molar-refractivity contribution in [1.29, 1.82) is 0 Å². The standard InChI is InChI=1S/C36H77O5PS2/c1-3-5-7-9-11-13-15-17-19-21-23-25-27-29-31-40-43-35-33-42(37,38,39)34-36-44-41-32-30-28-26-24-22-20-18-16-14-12-10-8-6-4-2/h37-39H,3-36H2,1-2H3. The van der Waals surface area contributed by atoms with Crippen LogP contribution in [0.25, 0.3) is 0 Å². The van der Waals surface area contributed by atoms with Crippen LogP contribution in [0.2, 0.25) is 0 Å². The zero-order valence-electron chi connectivity index (χ0n) is 29.5. The molecule has 5 nitrogen and oxygen atoms in total. The molecule has 0 aliphatic carbocycles. The quantitative estimate of drug-likeness (QED) is 0.0339. The Hall–Kier alpha value is 0.930. The van der Waals surface area contributed by atoms with E-state index in [-0.39, 0.29) is 12.3 Å². The van der Waals surface area contributed by atoms with Crippen LogP contribution >= 0.6 is 31.4 Å². The molecule has 0 heterocycles. The predicted octanol–water partition coefficient (Wildman–Crippen LogP) is 12.6. The Morgan fingerprint density at radius 2 is 0.591 bits per heavy atom. The molecule has 0 amide bonds. The van der Waals surface area contributed by atoms with Crippen LogP contribution in [0.4, 0.5) is 0 Å². The summed E-state index contributed by atoms with van der Waals surface area (Å²) in [6.07, 6.45) is 37.5. The molecule has 0 rings (SSSR count). The second-order valence-electron chi connectivity index (χ2n) is 13.3. The van der Waals surface area contributed by atoms with E-state index in [1.165, 1.54) is 191 Å². The third-order valence-corrected chi connectivity index (χ3v) is 12.9. The van der Waals surface area contributed by atoms with Crippen LogP contribution < -0.4 is 0 Å². The molecule has 0 saturated heterocycles. The fourth-order valence-electron chi connectivity index (χ4n) is 5.51. The van der Waals surface area contributed by atoms with Crippen molar-refractivity contribution < 1.29 is 23.0 Å². The van der Waals surface area contributed by atoms with E-state index in [0.29, 0.717) is 24.7 Å². The molecule has 0 atom stereocenters. The van der Waals surface area contributed by atoms with E-state index in [2.05, 4.69) is 13.8 Å². The third-order valence-electron chi connectivity index (χ3n) is 8.59. The summed E-state index contributed by atoms with van der Waals surface area (Å²) in [6.45, 7) is 5.92. The van der Waals surface area contributed by atoms with Crippen molar-refractivity contribution in [3.63, 3.8) is 0 Å². The van der Waals surface area contributed by atoms with Crippen LogP contribution in [0, 0.1) is 0 Å². The van der Waals surface area contributed by atoms with E-state index in [1.807, 2.05) is 0 Å². The van der Waals surface area contributed by atoms with Crippen molar-refractivity contribution in [3.8, 4) is 0 Å². The molecule has 0 saturated carbocycles. The maximum atomic E-state index is 10.4. The summed E-state index contributed by atoms with van der Waals surface area (Å²) >= 11 is 2.49. The monoisotopic (exact) mass is 684 g/mol. The van der Waals surface area contributed by atoms with Gasteiger partial charge in [-0.2, -0.15) is 0 Å². The van der Waals surface area contributed by atoms with Gasteiger partial charge in [0, 0.05) is 0 Å². The van der Waals surface area contributed by atoms with Gasteiger partial charge in [0.1, 0.15) is 0 Å². The second-order valence-corrected chi connectivity index (χ2v) is 18.6. The van der Waals surface area contributed by atoms with Crippen molar-refractivity contribution in [2.45, 2.75) is 194 Å². The first-order valence-corrected chi connectivity index (χ1v) is 23.4. The molecule has 0 unspecified atom stereocenters. The van der Waals surface area contributed by atoms with Crippen LogP contribution in [0.3, 0.4) is 0 Å². The molecule has 0 bridgehead atoms. The minimum absolute atomic E-state index is 0.0193. The molecule has 0 aromatic heterocycles. The van der Waals surface area contributed by atoms with Gasteiger partial charge in [-0.05, 0) is 0 Å². The van der Waals surface area contributed by atoms with Crippen LogP contribution in [0.5, 0.6) is 0 Å². The van der Waals surface area contributed by atoms with Gasteiger partial charge in [-0.1, -0.05) is 104 Å². The van der Waals surface area contributed by atoms with E-state index >= 15 is 0 Å². The van der Waals surface area contributed by atoms with Gasteiger partial charge in [0.25, 0.3) is 0 Å². The Labute approximate surface area is 284 Å². The zero-order valence-corrected chi connectivity index (χ0v) is 32.0. The molecule has 0 aliphatic heterocycles. The first-order valence-electron chi connectivity index (χ1n) is 19.1. The van der Waals surface area contributed by atoms with E-state index in [1.54, 1.807) is 0 Å². The van der Waals surface area contributed by atoms with Gasteiger partial charge in [-0.25, -0.2) is 0 Å². The average molecular weight is 685 g/mol. The fraction of sp³-hybridized carbons (Fsp3) is 1.00. The summed E-state index contributed by atoms with van der Waals surface area (Å²) in [4.78, 5) is 31.1. The van der Waals surface area contributed by atoms with E-state index in [9.17, 15) is 14.7 Å². The molecule has 0 aromatic rings. The SMILES string of the molecule is CCCCCCCCCCCCCCCCOSCCP(O)(O)(O)CCSOCCCCCCCCCCCCCCCC. The van der Waals surface area contributed by atoms with Gasteiger partial charge in [0.15, 0.2) is 0 Å². The molecular formula is C36H77O5PS2. The van der Waals surface area contributed by atoms with Crippen molar-refractivity contribution in [2.75, 3.05) is 37.0 Å². The van der Waals surface area contributed by atoms with Crippen molar-refractivity contribution >= 4 is 31.4 Å².